The molecule has 1 aromatic carbocycles. The van der Waals surface area contributed by atoms with Gasteiger partial charge in [0.2, 0.25) is 5.78 Å². The minimum Gasteiger partial charge on any atom is -0.419 e. The van der Waals surface area contributed by atoms with Crippen LogP contribution in [0.3, 0.4) is 0 Å². The van der Waals surface area contributed by atoms with Crippen molar-refractivity contribution < 1.29 is 14.3 Å². The molecule has 0 fully saturated rings. The molecule has 0 radical (unpaired) electrons. The van der Waals surface area contributed by atoms with Crippen LogP contribution >= 0.6 is 0 Å². The fourth-order valence-electron chi connectivity index (χ4n) is 2.16. The summed E-state index contributed by atoms with van der Waals surface area (Å²) in [7, 11) is 1.85. The zero-order chi connectivity index (χ0) is 15.0. The number of benzene rings is 1. The maximum absolute atomic E-state index is 11.4. The molecular weight excluding hydrogens is 270 g/mol. The Hall–Kier alpha value is -2.89. The summed E-state index contributed by atoms with van der Waals surface area (Å²) in [5, 5.41) is 0.774. The van der Waals surface area contributed by atoms with Crippen LogP contribution in [0, 0.1) is 0 Å². The third kappa shape index (κ3) is 2.31. The van der Waals surface area contributed by atoms with E-state index in [-0.39, 0.29) is 0 Å². The van der Waals surface area contributed by atoms with Crippen molar-refractivity contribution in [1.82, 2.24) is 14.1 Å². The minimum atomic E-state index is -0.860. The van der Waals surface area contributed by atoms with Crippen molar-refractivity contribution in [1.29, 1.82) is 0 Å². The predicted octanol–water partition coefficient (Wildman–Crippen LogP) is 1.86. The van der Waals surface area contributed by atoms with Crippen LogP contribution in [0.25, 0.3) is 16.6 Å². The minimum absolute atomic E-state index is 0.380. The molecule has 0 amide bonds. The van der Waals surface area contributed by atoms with Gasteiger partial charge in [-0.25, -0.2) is 9.78 Å². The van der Waals surface area contributed by atoms with E-state index in [9.17, 15) is 9.59 Å². The molecule has 0 aliphatic rings. The molecule has 3 rings (SSSR count). The number of nitrogens with zero attached hydrogens (tertiary/aromatic N) is 3. The molecule has 0 saturated heterocycles. The van der Waals surface area contributed by atoms with E-state index >= 15 is 0 Å². The van der Waals surface area contributed by atoms with Crippen LogP contribution in [-0.4, -0.2) is 25.9 Å². The Bertz CT molecular complexity index is 831. The highest BCUT2D eigenvalue weighted by Gasteiger charge is 2.15. The lowest BCUT2D eigenvalue weighted by atomic mass is 10.2. The number of ether oxygens (including phenoxy) is 1. The van der Waals surface area contributed by atoms with Gasteiger partial charge < -0.3 is 13.9 Å². The van der Waals surface area contributed by atoms with E-state index in [1.54, 1.807) is 18.7 Å². The average Bonchev–Trinajstić information content (AvgIpc) is 3.08. The second-order valence-electron chi connectivity index (χ2n) is 4.72. The van der Waals surface area contributed by atoms with E-state index in [2.05, 4.69) is 4.98 Å². The van der Waals surface area contributed by atoms with E-state index in [1.807, 2.05) is 40.6 Å². The molecule has 0 aliphatic heterocycles. The van der Waals surface area contributed by atoms with E-state index in [0.29, 0.717) is 5.75 Å². The van der Waals surface area contributed by atoms with E-state index in [4.69, 9.17) is 4.74 Å². The van der Waals surface area contributed by atoms with Gasteiger partial charge in [0.15, 0.2) is 5.75 Å². The first-order valence-electron chi connectivity index (χ1n) is 6.36. The van der Waals surface area contributed by atoms with Crippen molar-refractivity contribution in [2.24, 2.45) is 7.05 Å². The molecule has 2 heterocycles. The zero-order valence-corrected chi connectivity index (χ0v) is 11.6. The quantitative estimate of drug-likeness (QED) is 0.543. The molecule has 0 atom stereocenters. The van der Waals surface area contributed by atoms with Crippen molar-refractivity contribution >= 4 is 22.7 Å². The number of esters is 1. The first-order chi connectivity index (χ1) is 10.1. The number of Topliss-reactive ketones (excluding diaryl/α,β-unsaturated/α-hetero) is 1. The number of hydrogen-bond acceptors (Lipinski definition) is 4. The van der Waals surface area contributed by atoms with Gasteiger partial charge in [-0.2, -0.15) is 0 Å². The number of carbonyl (C=O) groups is 2. The highest BCUT2D eigenvalue weighted by Crippen LogP contribution is 2.29. The first-order valence-corrected chi connectivity index (χ1v) is 6.36. The molecule has 21 heavy (non-hydrogen) atoms. The lowest BCUT2D eigenvalue weighted by Crippen LogP contribution is -2.16. The molecule has 0 aliphatic carbocycles. The largest absolute Gasteiger partial charge is 0.419 e. The van der Waals surface area contributed by atoms with Gasteiger partial charge in [0, 0.05) is 43.6 Å². The Morgan fingerprint density at radius 3 is 2.76 bits per heavy atom. The number of rotatable bonds is 3. The zero-order valence-electron chi connectivity index (χ0n) is 11.6. The maximum Gasteiger partial charge on any atom is 0.379 e. The molecule has 0 saturated carbocycles. The Balaban J connectivity index is 2.06. The van der Waals surface area contributed by atoms with Gasteiger partial charge in [0.05, 0.1) is 11.8 Å². The summed E-state index contributed by atoms with van der Waals surface area (Å²) in [4.78, 5) is 26.4. The van der Waals surface area contributed by atoms with Gasteiger partial charge in [0.25, 0.3) is 0 Å². The molecule has 2 aromatic heterocycles. The lowest BCUT2D eigenvalue weighted by Gasteiger charge is -2.04. The van der Waals surface area contributed by atoms with Gasteiger partial charge >= 0.3 is 5.97 Å². The molecule has 6 heteroatoms. The fraction of sp³-hybridized carbons (Fsp3) is 0.133. The van der Waals surface area contributed by atoms with Crippen molar-refractivity contribution in [2.75, 3.05) is 0 Å². The van der Waals surface area contributed by atoms with Gasteiger partial charge in [-0.15, -0.1) is 0 Å². The van der Waals surface area contributed by atoms with Crippen LogP contribution in [0.4, 0.5) is 0 Å². The molecule has 106 valence electrons. The summed E-state index contributed by atoms with van der Waals surface area (Å²) in [5.41, 5.74) is 1.85. The highest BCUT2D eigenvalue weighted by molar-refractivity contribution is 6.33. The van der Waals surface area contributed by atoms with Crippen LogP contribution in [0.1, 0.15) is 6.92 Å². The SMILES string of the molecule is CC(=O)C(=O)Oc1cn(C)c2cc(-n3ccnc3)ccc12. The second-order valence-corrected chi connectivity index (χ2v) is 4.72. The number of fused-ring (bicyclic) bond motifs is 1. The summed E-state index contributed by atoms with van der Waals surface area (Å²) in [6, 6.07) is 5.71. The number of aryl methyl sites for hydroxylation is 1. The summed E-state index contributed by atoms with van der Waals surface area (Å²) in [6.45, 7) is 1.19. The molecule has 3 aromatic rings. The van der Waals surface area contributed by atoms with E-state index in [0.717, 1.165) is 16.6 Å². The normalized spacial score (nSPS) is 10.8. The van der Waals surface area contributed by atoms with Crippen LogP contribution in [0.15, 0.2) is 43.1 Å². The van der Waals surface area contributed by atoms with Gasteiger partial charge in [-0.3, -0.25) is 4.79 Å². The van der Waals surface area contributed by atoms with Gasteiger partial charge in [-0.1, -0.05) is 0 Å². The van der Waals surface area contributed by atoms with E-state index in [1.165, 1.54) is 6.92 Å². The van der Waals surface area contributed by atoms with Crippen LogP contribution in [0.5, 0.6) is 5.75 Å². The van der Waals surface area contributed by atoms with Gasteiger partial charge in [-0.05, 0) is 18.2 Å². The third-order valence-electron chi connectivity index (χ3n) is 3.23. The molecule has 6 nitrogen and oxygen atoms in total. The topological polar surface area (TPSA) is 66.1 Å². The van der Waals surface area contributed by atoms with Crippen LogP contribution in [-0.2, 0) is 16.6 Å². The van der Waals surface area contributed by atoms with E-state index < -0.39 is 11.8 Å². The van der Waals surface area contributed by atoms with Crippen molar-refractivity contribution in [3.05, 3.63) is 43.1 Å². The highest BCUT2D eigenvalue weighted by atomic mass is 16.5. The Morgan fingerprint density at radius 1 is 1.29 bits per heavy atom. The summed E-state index contributed by atoms with van der Waals surface area (Å²) >= 11 is 0. The molecule has 0 N–H and O–H groups in total. The molecule has 0 bridgehead atoms. The standard InChI is InChI=1S/C15H13N3O3/c1-10(19)15(20)21-14-8-17(2)13-7-11(3-4-12(13)14)18-6-5-16-9-18/h3-9H,1-2H3. The van der Waals surface area contributed by atoms with Gasteiger partial charge in [0.1, 0.15) is 0 Å². The Kier molecular flexibility index (Phi) is 3.06. The van der Waals surface area contributed by atoms with Crippen molar-refractivity contribution in [2.45, 2.75) is 6.92 Å². The summed E-state index contributed by atoms with van der Waals surface area (Å²) in [5.74, 6) is -1.10. The predicted molar refractivity (Wildman–Crippen MR) is 76.4 cm³/mol. The second kappa shape index (κ2) is 4.90. The third-order valence-corrected chi connectivity index (χ3v) is 3.23. The van der Waals surface area contributed by atoms with Crippen molar-refractivity contribution in [3.63, 3.8) is 0 Å². The van der Waals surface area contributed by atoms with Crippen molar-refractivity contribution in [3.8, 4) is 11.4 Å². The fourth-order valence-corrected chi connectivity index (χ4v) is 2.16. The molecule has 0 spiro atoms. The molecule has 0 unspecified atom stereocenters. The van der Waals surface area contributed by atoms with Crippen LogP contribution < -0.4 is 4.74 Å². The first kappa shape index (κ1) is 13.1. The molecular formula is C15H13N3O3. The smallest absolute Gasteiger partial charge is 0.379 e. The maximum atomic E-state index is 11.4. The van der Waals surface area contributed by atoms with Crippen LogP contribution in [0.2, 0.25) is 0 Å². The average molecular weight is 283 g/mol. The number of imidazole rings is 1. The number of ketones is 1. The Morgan fingerprint density at radius 2 is 2.10 bits per heavy atom. The number of aromatic nitrogens is 3. The number of hydrogen-bond donors (Lipinski definition) is 0. The Labute approximate surface area is 120 Å². The lowest BCUT2D eigenvalue weighted by molar-refractivity contribution is -0.145. The summed E-state index contributed by atoms with van der Waals surface area (Å²) < 4.78 is 8.84. The number of carbonyl (C=O) groups excluding carboxylic acids is 2. The monoisotopic (exact) mass is 283 g/mol. The summed E-state index contributed by atoms with van der Waals surface area (Å²) in [6.07, 6.45) is 6.94.